The minimum atomic E-state index is 0.338. The summed E-state index contributed by atoms with van der Waals surface area (Å²) >= 11 is 0. The van der Waals surface area contributed by atoms with Crippen LogP contribution >= 0.6 is 0 Å². The smallest absolute Gasteiger partial charge is 0.128 e. The Morgan fingerprint density at radius 2 is 0.954 bits per heavy atom. The molecule has 1 unspecified atom stereocenters. The molecular formula is C61H51N3O. The van der Waals surface area contributed by atoms with E-state index in [9.17, 15) is 0 Å². The van der Waals surface area contributed by atoms with Crippen molar-refractivity contribution in [2.45, 2.75) is 54.0 Å². The Kier molecular flexibility index (Phi) is 8.87. The quantitative estimate of drug-likeness (QED) is 0.166. The summed E-state index contributed by atoms with van der Waals surface area (Å²) in [5.74, 6) is 1.62. The summed E-state index contributed by atoms with van der Waals surface area (Å²) in [6.07, 6.45) is 5.80. The molecule has 2 aliphatic rings. The number of rotatable bonds is 6. The van der Waals surface area contributed by atoms with E-state index >= 15 is 0 Å². The number of aromatic nitrogens is 2. The molecule has 8 aromatic carbocycles. The largest absolute Gasteiger partial charge is 0.457 e. The van der Waals surface area contributed by atoms with Gasteiger partial charge in [-0.25, -0.2) is 0 Å². The summed E-state index contributed by atoms with van der Waals surface area (Å²) in [5.41, 5.74) is 23.9. The summed E-state index contributed by atoms with van der Waals surface area (Å²) in [5, 5.41) is 4.74. The molecule has 0 fully saturated rings. The number of hydrogen-bond acceptors (Lipinski definition) is 2. The van der Waals surface area contributed by atoms with E-state index < -0.39 is 0 Å². The molecule has 1 aliphatic heterocycles. The molecule has 3 heterocycles. The second kappa shape index (κ2) is 14.8. The molecule has 0 spiro atoms. The zero-order chi connectivity index (χ0) is 44.2. The number of nitrogens with zero attached hydrogens (tertiary/aromatic N) is 3. The van der Waals surface area contributed by atoms with Crippen LogP contribution in [0.25, 0.3) is 82.8 Å². The molecule has 4 nitrogen and oxygen atoms in total. The molecular weight excluding hydrogens is 791 g/mol. The lowest BCUT2D eigenvalue weighted by Crippen LogP contribution is -2.27. The number of para-hydroxylation sites is 2. The lowest BCUT2D eigenvalue weighted by atomic mass is 9.93. The number of hydrogen-bond donors (Lipinski definition) is 0. The maximum atomic E-state index is 6.95. The Balaban J connectivity index is 1.01. The lowest BCUT2D eigenvalue weighted by Gasteiger charge is -2.26. The van der Waals surface area contributed by atoms with Crippen LogP contribution in [0.3, 0.4) is 0 Å². The third-order valence-corrected chi connectivity index (χ3v) is 14.2. The van der Waals surface area contributed by atoms with E-state index in [-0.39, 0.29) is 0 Å². The normalized spacial score (nSPS) is 14.6. The third kappa shape index (κ3) is 6.19. The van der Waals surface area contributed by atoms with Crippen LogP contribution in [0.2, 0.25) is 0 Å². The van der Waals surface area contributed by atoms with E-state index in [2.05, 4.69) is 226 Å². The van der Waals surface area contributed by atoms with Crippen LogP contribution in [0.5, 0.6) is 11.5 Å². The molecule has 10 aromatic rings. The molecule has 4 heteroatoms. The molecule has 2 aromatic heterocycles. The number of likely N-dealkylation sites (N-methyl/N-ethyl adjacent to an activating group) is 1. The molecule has 0 N–H and O–H groups in total. The Labute approximate surface area is 381 Å². The molecule has 1 aliphatic carbocycles. The second-order valence-electron chi connectivity index (χ2n) is 18.6. The molecule has 0 bridgehead atoms. The Hall–Kier alpha value is -7.56. The van der Waals surface area contributed by atoms with E-state index in [4.69, 9.17) is 4.74 Å². The van der Waals surface area contributed by atoms with E-state index in [0.29, 0.717) is 6.04 Å². The van der Waals surface area contributed by atoms with Crippen molar-refractivity contribution in [3.05, 3.63) is 203 Å². The second-order valence-corrected chi connectivity index (χ2v) is 18.6. The van der Waals surface area contributed by atoms with E-state index in [0.717, 1.165) is 34.5 Å². The lowest BCUT2D eigenvalue weighted by molar-refractivity contribution is 0.484. The summed E-state index contributed by atoms with van der Waals surface area (Å²) in [7, 11) is 2.23. The highest BCUT2D eigenvalue weighted by Crippen LogP contribution is 2.46. The summed E-state index contributed by atoms with van der Waals surface area (Å²) in [4.78, 5) is 2.43. The van der Waals surface area contributed by atoms with Crippen LogP contribution in [0.4, 0.5) is 5.69 Å². The molecule has 12 rings (SSSR count). The molecule has 65 heavy (non-hydrogen) atoms. The van der Waals surface area contributed by atoms with Crippen LogP contribution in [0.15, 0.2) is 164 Å². The first-order valence-corrected chi connectivity index (χ1v) is 22.9. The summed E-state index contributed by atoms with van der Waals surface area (Å²) in [6.45, 7) is 13.3. The van der Waals surface area contributed by atoms with E-state index in [1.54, 1.807) is 0 Å². The predicted molar refractivity (Wildman–Crippen MR) is 275 cm³/mol. The van der Waals surface area contributed by atoms with Crippen molar-refractivity contribution < 1.29 is 4.74 Å². The highest BCUT2D eigenvalue weighted by atomic mass is 16.5. The van der Waals surface area contributed by atoms with E-state index in [1.807, 2.05) is 0 Å². The Bertz CT molecular complexity index is 3640. The van der Waals surface area contributed by atoms with Gasteiger partial charge in [-0.2, -0.15) is 0 Å². The minimum Gasteiger partial charge on any atom is -0.457 e. The SMILES string of the molecule is Cc1cc(C)c(-c2ccc3c(c2)c2cc(Oc4ccc5c(c4)c4cc(-c6c(C)cc(C)cc6C)ccc4n5-c4ccccc4)ccc2n3C2=CCC3C(=C2)c2ccccc2N3C)c(C)c1. The monoisotopic (exact) mass is 841 g/mol. The first-order valence-electron chi connectivity index (χ1n) is 22.9. The van der Waals surface area contributed by atoms with Crippen LogP contribution in [-0.2, 0) is 0 Å². The fourth-order valence-electron chi connectivity index (χ4n) is 11.6. The standard InChI is InChI=1S/C61H51N3O/c1-36-27-38(3)60(39(4)28-36)42-17-22-56-49(31-42)52-34-46(20-25-58(52)63(56)44-13-9-8-10-14-44)65-47-21-26-59-53(35-47)50-32-43(61-40(5)29-37(2)30-41(61)6)18-23-57(50)64(59)45-19-24-55-51(33-45)48-15-11-12-16-54(48)62(55)7/h8-23,25-35,55H,24H2,1-7H3. The van der Waals surface area contributed by atoms with Gasteiger partial charge in [0.25, 0.3) is 0 Å². The average Bonchev–Trinajstić information content (AvgIpc) is 3.90. The topological polar surface area (TPSA) is 22.3 Å². The number of aryl methyl sites for hydroxylation is 6. The average molecular weight is 842 g/mol. The van der Waals surface area contributed by atoms with Gasteiger partial charge in [-0.05, 0) is 183 Å². The molecule has 0 saturated heterocycles. The van der Waals surface area contributed by atoms with Crippen molar-refractivity contribution in [3.63, 3.8) is 0 Å². The van der Waals surface area contributed by atoms with Gasteiger partial charge in [-0.3, -0.25) is 0 Å². The third-order valence-electron chi connectivity index (χ3n) is 14.2. The molecule has 1 atom stereocenters. The predicted octanol–water partition coefficient (Wildman–Crippen LogP) is 16.0. The maximum Gasteiger partial charge on any atom is 0.128 e. The number of benzene rings is 8. The fraction of sp³-hybridized carbons (Fsp3) is 0.148. The van der Waals surface area contributed by atoms with Crippen molar-refractivity contribution in [2.75, 3.05) is 11.9 Å². The number of anilines is 1. The van der Waals surface area contributed by atoms with Gasteiger partial charge in [0.2, 0.25) is 0 Å². The summed E-state index contributed by atoms with van der Waals surface area (Å²) < 4.78 is 11.8. The first kappa shape index (κ1) is 39.1. The number of fused-ring (bicyclic) bond motifs is 9. The molecule has 0 saturated carbocycles. The molecule has 316 valence electrons. The van der Waals surface area contributed by atoms with Crippen molar-refractivity contribution >= 4 is 60.6 Å². The maximum absolute atomic E-state index is 6.95. The van der Waals surface area contributed by atoms with Crippen LogP contribution < -0.4 is 9.64 Å². The van der Waals surface area contributed by atoms with E-state index in [1.165, 1.54) is 111 Å². The van der Waals surface area contributed by atoms with Gasteiger partial charge in [-0.1, -0.05) is 90.0 Å². The first-order chi connectivity index (χ1) is 31.6. The zero-order valence-corrected chi connectivity index (χ0v) is 38.1. The van der Waals surface area contributed by atoms with Gasteiger partial charge in [0.15, 0.2) is 0 Å². The van der Waals surface area contributed by atoms with Crippen LogP contribution in [0.1, 0.15) is 45.4 Å². The zero-order valence-electron chi connectivity index (χ0n) is 38.1. The Morgan fingerprint density at radius 3 is 1.51 bits per heavy atom. The highest BCUT2D eigenvalue weighted by molar-refractivity contribution is 6.13. The Morgan fingerprint density at radius 1 is 0.477 bits per heavy atom. The minimum absolute atomic E-state index is 0.338. The van der Waals surface area contributed by atoms with Crippen molar-refractivity contribution in [1.29, 1.82) is 0 Å². The van der Waals surface area contributed by atoms with Crippen molar-refractivity contribution in [2.24, 2.45) is 0 Å². The van der Waals surface area contributed by atoms with Crippen molar-refractivity contribution in [3.8, 4) is 39.4 Å². The van der Waals surface area contributed by atoms with Gasteiger partial charge in [0.1, 0.15) is 11.5 Å². The van der Waals surface area contributed by atoms with Crippen LogP contribution in [-0.4, -0.2) is 22.2 Å². The van der Waals surface area contributed by atoms with Gasteiger partial charge in [0, 0.05) is 51.2 Å². The molecule has 0 amide bonds. The molecule has 0 radical (unpaired) electrons. The summed E-state index contributed by atoms with van der Waals surface area (Å²) in [6, 6.07) is 56.2. The fourth-order valence-corrected chi connectivity index (χ4v) is 11.6. The van der Waals surface area contributed by atoms with Gasteiger partial charge in [-0.15, -0.1) is 0 Å². The van der Waals surface area contributed by atoms with Crippen LogP contribution in [0, 0.1) is 41.5 Å². The van der Waals surface area contributed by atoms with Gasteiger partial charge < -0.3 is 18.8 Å². The number of ether oxygens (including phenoxy) is 1. The highest BCUT2D eigenvalue weighted by Gasteiger charge is 2.33. The van der Waals surface area contributed by atoms with Gasteiger partial charge >= 0.3 is 0 Å². The number of allylic oxidation sites excluding steroid dienone is 2. The van der Waals surface area contributed by atoms with Gasteiger partial charge in [0.05, 0.1) is 28.1 Å². The van der Waals surface area contributed by atoms with Crippen molar-refractivity contribution in [1.82, 2.24) is 9.13 Å².